The Bertz CT molecular complexity index is 1640. The average Bonchev–Trinajstić information content (AvgIpc) is 3.81. The monoisotopic (exact) mass is 632 g/mol. The number of nitrogens with zero attached hydrogens (tertiary/aromatic N) is 3. The molecule has 2 aromatic carbocycles. The van der Waals surface area contributed by atoms with Gasteiger partial charge in [0, 0.05) is 18.7 Å². The molecule has 44 heavy (non-hydrogen) atoms. The first-order valence-corrected chi connectivity index (χ1v) is 16.6. The largest absolute Gasteiger partial charge is 0.496 e. The number of carbonyl (C=O) groups is 2. The van der Waals surface area contributed by atoms with Crippen LogP contribution in [0.25, 0.3) is 16.9 Å². The summed E-state index contributed by atoms with van der Waals surface area (Å²) in [6.45, 7) is 5.08. The molecule has 11 heteroatoms. The third-order valence-electron chi connectivity index (χ3n) is 8.26. The van der Waals surface area contributed by atoms with Crippen LogP contribution in [0.3, 0.4) is 0 Å². The van der Waals surface area contributed by atoms with Crippen LogP contribution < -0.4 is 19.7 Å². The number of hydrogen-bond acceptors (Lipinski definition) is 8. The molecule has 0 unspecified atom stereocenters. The number of carbonyl (C=O) groups excluding carboxylic acids is 2. The quantitative estimate of drug-likeness (QED) is 0.253. The number of methoxy groups -OCH3 is 2. The minimum absolute atomic E-state index is 0.00189. The molecule has 1 saturated heterocycles. The summed E-state index contributed by atoms with van der Waals surface area (Å²) in [7, 11) is 3.25. The maximum atomic E-state index is 14.0. The van der Waals surface area contributed by atoms with Crippen molar-refractivity contribution in [3.05, 3.63) is 75.5 Å². The van der Waals surface area contributed by atoms with Crippen molar-refractivity contribution in [1.82, 2.24) is 15.1 Å². The minimum Gasteiger partial charge on any atom is -0.496 e. The Balaban J connectivity index is 1.59. The van der Waals surface area contributed by atoms with Crippen LogP contribution in [0.5, 0.6) is 11.5 Å². The average molecular weight is 633 g/mol. The van der Waals surface area contributed by atoms with Gasteiger partial charge >= 0.3 is 0 Å². The maximum Gasteiger partial charge on any atom is 0.240 e. The zero-order valence-corrected chi connectivity index (χ0v) is 26.9. The summed E-state index contributed by atoms with van der Waals surface area (Å²) in [5.41, 5.74) is 6.16. The smallest absolute Gasteiger partial charge is 0.240 e. The van der Waals surface area contributed by atoms with Gasteiger partial charge in [0.25, 0.3) is 0 Å². The number of fused-ring (bicyclic) bond motifs is 1. The maximum absolute atomic E-state index is 14.0. The van der Waals surface area contributed by atoms with Gasteiger partial charge in [-0.2, -0.15) is 16.4 Å². The van der Waals surface area contributed by atoms with Crippen molar-refractivity contribution in [2.75, 3.05) is 44.6 Å². The van der Waals surface area contributed by atoms with Crippen molar-refractivity contribution in [2.45, 2.75) is 38.0 Å². The number of amides is 2. The van der Waals surface area contributed by atoms with E-state index in [2.05, 4.69) is 29.8 Å². The molecule has 0 aliphatic carbocycles. The number of aromatic nitrogens is 2. The van der Waals surface area contributed by atoms with Crippen molar-refractivity contribution >= 4 is 40.7 Å². The molecule has 4 aromatic rings. The van der Waals surface area contributed by atoms with Crippen molar-refractivity contribution < 1.29 is 23.8 Å². The van der Waals surface area contributed by atoms with Gasteiger partial charge in [-0.15, -0.1) is 11.8 Å². The Morgan fingerprint density at radius 3 is 2.57 bits per heavy atom. The molecule has 4 heterocycles. The molecule has 1 fully saturated rings. The van der Waals surface area contributed by atoms with E-state index < -0.39 is 0 Å². The first kappa shape index (κ1) is 30.2. The van der Waals surface area contributed by atoms with Crippen LogP contribution in [0, 0.1) is 13.8 Å². The molecule has 0 saturated carbocycles. The van der Waals surface area contributed by atoms with Crippen molar-refractivity contribution in [3.8, 4) is 28.4 Å². The molecular weight excluding hydrogens is 597 g/mol. The number of nitrogens with one attached hydrogen (secondary N) is 1. The zero-order chi connectivity index (χ0) is 30.8. The number of ether oxygens (including phenoxy) is 3. The van der Waals surface area contributed by atoms with E-state index >= 15 is 0 Å². The van der Waals surface area contributed by atoms with Gasteiger partial charge in [-0.05, 0) is 78.4 Å². The van der Waals surface area contributed by atoms with Crippen LogP contribution in [-0.2, 0) is 14.3 Å². The lowest BCUT2D eigenvalue weighted by atomic mass is 9.99. The Labute approximate surface area is 265 Å². The molecule has 1 N–H and O–H groups in total. The number of thiophene rings is 1. The molecule has 2 amide bonds. The van der Waals surface area contributed by atoms with Crippen LogP contribution in [0.1, 0.15) is 40.3 Å². The van der Waals surface area contributed by atoms with Gasteiger partial charge < -0.3 is 19.5 Å². The van der Waals surface area contributed by atoms with Crippen molar-refractivity contribution in [2.24, 2.45) is 0 Å². The third kappa shape index (κ3) is 5.71. The number of hydrogen-bond donors (Lipinski definition) is 1. The van der Waals surface area contributed by atoms with Gasteiger partial charge in [0.15, 0.2) is 0 Å². The predicted octanol–water partition coefficient (Wildman–Crippen LogP) is 5.70. The molecule has 9 nitrogen and oxygen atoms in total. The lowest BCUT2D eigenvalue weighted by Gasteiger charge is -2.24. The molecule has 0 radical (unpaired) electrons. The summed E-state index contributed by atoms with van der Waals surface area (Å²) in [6.07, 6.45) is 1.90. The summed E-state index contributed by atoms with van der Waals surface area (Å²) in [4.78, 5) is 29.1. The number of benzene rings is 2. The molecule has 0 spiro atoms. The lowest BCUT2D eigenvalue weighted by molar-refractivity contribution is -0.123. The minimum atomic E-state index is -0.246. The molecule has 2 aromatic heterocycles. The van der Waals surface area contributed by atoms with E-state index in [9.17, 15) is 9.59 Å². The van der Waals surface area contributed by atoms with Crippen molar-refractivity contribution in [3.63, 3.8) is 0 Å². The van der Waals surface area contributed by atoms with Gasteiger partial charge in [-0.25, -0.2) is 4.68 Å². The fraction of sp³-hybridized carbons (Fsp3) is 0.364. The fourth-order valence-electron chi connectivity index (χ4n) is 5.84. The van der Waals surface area contributed by atoms with E-state index in [1.165, 1.54) is 11.8 Å². The van der Waals surface area contributed by atoms with E-state index in [0.29, 0.717) is 41.7 Å². The van der Waals surface area contributed by atoms with E-state index in [1.54, 1.807) is 30.5 Å². The lowest BCUT2D eigenvalue weighted by Crippen LogP contribution is -2.44. The first-order valence-electron chi connectivity index (χ1n) is 14.6. The van der Waals surface area contributed by atoms with Crippen LogP contribution >= 0.6 is 23.1 Å². The second kappa shape index (κ2) is 13.1. The molecule has 6 rings (SSSR count). The van der Waals surface area contributed by atoms with E-state index in [-0.39, 0.29) is 35.5 Å². The van der Waals surface area contributed by atoms with Crippen molar-refractivity contribution in [1.29, 1.82) is 0 Å². The normalized spacial score (nSPS) is 18.2. The number of anilines is 1. The van der Waals surface area contributed by atoms with E-state index in [4.69, 9.17) is 19.3 Å². The summed E-state index contributed by atoms with van der Waals surface area (Å²) >= 11 is 3.14. The molecule has 0 bridgehead atoms. The summed E-state index contributed by atoms with van der Waals surface area (Å²) in [6, 6.07) is 13.8. The van der Waals surface area contributed by atoms with Crippen LogP contribution in [0.2, 0.25) is 0 Å². The zero-order valence-electron chi connectivity index (χ0n) is 25.3. The summed E-state index contributed by atoms with van der Waals surface area (Å²) in [5.74, 6) is 1.56. The Morgan fingerprint density at radius 1 is 1.11 bits per heavy atom. The van der Waals surface area contributed by atoms with Gasteiger partial charge in [-0.3, -0.25) is 14.5 Å². The fourth-order valence-corrected chi connectivity index (χ4v) is 7.80. The van der Waals surface area contributed by atoms with Gasteiger partial charge in [0.2, 0.25) is 11.8 Å². The van der Waals surface area contributed by atoms with Crippen LogP contribution in [0.4, 0.5) is 5.82 Å². The van der Waals surface area contributed by atoms with Crippen LogP contribution in [-0.4, -0.2) is 67.4 Å². The standard InChI is InChI=1S/C33H36N4O5S2/c1-20-8-5-10-24(21(20)2)37-33-30(31(35-37)29-25(40-3)11-6-12-26(29)41-4)32(22-13-15-43-18-22)44-19-28(39)36(33)17-27(38)34-16-23-9-7-14-42-23/h5-6,8,10-13,15,18,23,32H,7,9,14,16-17,19H2,1-4H3,(H,34,38)/t23-,32-/m1/s1. The Hall–Kier alpha value is -3.80. The SMILES string of the molecule is COc1cccc(OC)c1-c1nn(-c2cccc(C)c2C)c2c1[C@@H](c1ccsc1)SCC(=O)N2CC(=O)NC[C@H]1CCCO1. The Kier molecular flexibility index (Phi) is 8.97. The highest BCUT2D eigenvalue weighted by molar-refractivity contribution is 8.00. The van der Waals surface area contributed by atoms with E-state index in [1.807, 2.05) is 47.3 Å². The highest BCUT2D eigenvalue weighted by Gasteiger charge is 2.39. The third-order valence-corrected chi connectivity index (χ3v) is 10.2. The Morgan fingerprint density at radius 2 is 1.89 bits per heavy atom. The van der Waals surface area contributed by atoms with Crippen LogP contribution in [0.15, 0.2) is 53.2 Å². The molecule has 2 atom stereocenters. The molecule has 2 aliphatic heterocycles. The van der Waals surface area contributed by atoms with Gasteiger partial charge in [-0.1, -0.05) is 18.2 Å². The summed E-state index contributed by atoms with van der Waals surface area (Å²) < 4.78 is 19.2. The second-order valence-electron chi connectivity index (χ2n) is 10.9. The number of thioether (sulfide) groups is 1. The molecule has 2 aliphatic rings. The summed E-state index contributed by atoms with van der Waals surface area (Å²) in [5, 5.41) is 12.2. The predicted molar refractivity (Wildman–Crippen MR) is 175 cm³/mol. The van der Waals surface area contributed by atoms with E-state index in [0.717, 1.165) is 40.8 Å². The van der Waals surface area contributed by atoms with Gasteiger partial charge in [0.1, 0.15) is 29.6 Å². The first-order chi connectivity index (χ1) is 21.4. The topological polar surface area (TPSA) is 94.9 Å². The molecular formula is C33H36N4O5S2. The number of aryl methyl sites for hydroxylation is 1. The second-order valence-corrected chi connectivity index (χ2v) is 12.8. The highest BCUT2D eigenvalue weighted by atomic mass is 32.2. The van der Waals surface area contributed by atoms with Gasteiger partial charge in [0.05, 0.1) is 42.6 Å². The molecule has 230 valence electrons. The number of rotatable bonds is 9. The highest BCUT2D eigenvalue weighted by Crippen LogP contribution is 2.52.